The van der Waals surface area contributed by atoms with Crippen molar-refractivity contribution in [2.75, 3.05) is 19.0 Å². The van der Waals surface area contributed by atoms with E-state index in [0.29, 0.717) is 29.4 Å². The molecule has 2 amide bonds. The van der Waals surface area contributed by atoms with Gasteiger partial charge in [0, 0.05) is 11.6 Å². The van der Waals surface area contributed by atoms with Gasteiger partial charge in [-0.1, -0.05) is 41.9 Å². The Morgan fingerprint density at radius 2 is 2.00 bits per heavy atom. The van der Waals surface area contributed by atoms with E-state index in [0.717, 1.165) is 12.0 Å². The molecule has 1 atom stereocenters. The third-order valence-corrected chi connectivity index (χ3v) is 4.65. The van der Waals surface area contributed by atoms with Crippen LogP contribution in [-0.2, 0) is 16.1 Å². The molecule has 0 spiro atoms. The number of nitrogens with one attached hydrogen (secondary N) is 1. The number of anilines is 1. The summed E-state index contributed by atoms with van der Waals surface area (Å²) in [7, 11) is 1.52. The number of nitrogens with zero attached hydrogens (tertiary/aromatic N) is 1. The molecule has 2 aromatic carbocycles. The van der Waals surface area contributed by atoms with Crippen LogP contribution in [0.5, 0.6) is 5.75 Å². The van der Waals surface area contributed by atoms with Gasteiger partial charge >= 0.3 is 6.09 Å². The molecular formula is C20H21ClN2O4. The molecule has 1 heterocycles. The summed E-state index contributed by atoms with van der Waals surface area (Å²) in [5, 5.41) is 3.29. The molecule has 0 radical (unpaired) electrons. The fraction of sp³-hybridized carbons (Fsp3) is 0.300. The molecule has 3 rings (SSSR count). The lowest BCUT2D eigenvalue weighted by Crippen LogP contribution is -2.43. The first-order valence-electron chi connectivity index (χ1n) is 8.70. The number of amides is 2. The summed E-state index contributed by atoms with van der Waals surface area (Å²) in [6.45, 7) is 0.658. The molecule has 7 heteroatoms. The second-order valence-electron chi connectivity index (χ2n) is 6.23. The Kier molecular flexibility index (Phi) is 6.19. The fourth-order valence-electron chi connectivity index (χ4n) is 3.05. The molecule has 1 saturated heterocycles. The zero-order valence-corrected chi connectivity index (χ0v) is 15.7. The highest BCUT2D eigenvalue weighted by Gasteiger charge is 2.35. The third kappa shape index (κ3) is 4.71. The van der Waals surface area contributed by atoms with Crippen LogP contribution in [0.1, 0.15) is 18.4 Å². The maximum atomic E-state index is 12.7. The Bertz CT molecular complexity index is 813. The molecule has 1 N–H and O–H groups in total. The molecule has 2 aromatic rings. The molecular weight excluding hydrogens is 368 g/mol. The number of likely N-dealkylation sites (tertiary alicyclic amines) is 1. The van der Waals surface area contributed by atoms with Gasteiger partial charge in [-0.3, -0.25) is 9.69 Å². The smallest absolute Gasteiger partial charge is 0.410 e. The summed E-state index contributed by atoms with van der Waals surface area (Å²) in [5.41, 5.74) is 1.37. The minimum atomic E-state index is -0.586. The van der Waals surface area contributed by atoms with E-state index >= 15 is 0 Å². The summed E-state index contributed by atoms with van der Waals surface area (Å²) in [6.07, 6.45) is 0.829. The summed E-state index contributed by atoms with van der Waals surface area (Å²) in [5.74, 6) is 0.216. The summed E-state index contributed by atoms with van der Waals surface area (Å²) in [6, 6.07) is 13.8. The van der Waals surface area contributed by atoms with Crippen molar-refractivity contribution >= 4 is 29.3 Å². The SMILES string of the molecule is COc1ccc(Cl)cc1NC(=O)C1CCCN1C(=O)OCc1ccccc1. The van der Waals surface area contributed by atoms with Crippen molar-refractivity contribution in [1.82, 2.24) is 4.90 Å². The van der Waals surface area contributed by atoms with Gasteiger partial charge < -0.3 is 14.8 Å². The average molecular weight is 389 g/mol. The number of halogens is 1. The first-order valence-corrected chi connectivity index (χ1v) is 9.08. The first kappa shape index (κ1) is 19.0. The van der Waals surface area contributed by atoms with E-state index in [9.17, 15) is 9.59 Å². The van der Waals surface area contributed by atoms with Crippen LogP contribution < -0.4 is 10.1 Å². The molecule has 1 fully saturated rings. The van der Waals surface area contributed by atoms with Gasteiger partial charge in [-0.05, 0) is 36.6 Å². The summed E-state index contributed by atoms with van der Waals surface area (Å²) < 4.78 is 10.6. The fourth-order valence-corrected chi connectivity index (χ4v) is 3.23. The molecule has 1 aliphatic heterocycles. The van der Waals surface area contributed by atoms with Gasteiger partial charge in [-0.2, -0.15) is 0 Å². The van der Waals surface area contributed by atoms with E-state index in [4.69, 9.17) is 21.1 Å². The zero-order chi connectivity index (χ0) is 19.2. The molecule has 0 aliphatic carbocycles. The van der Waals surface area contributed by atoms with Gasteiger partial charge in [0.2, 0.25) is 5.91 Å². The van der Waals surface area contributed by atoms with Crippen molar-refractivity contribution in [1.29, 1.82) is 0 Å². The number of hydrogen-bond acceptors (Lipinski definition) is 4. The lowest BCUT2D eigenvalue weighted by molar-refractivity contribution is -0.120. The minimum absolute atomic E-state index is 0.173. The zero-order valence-electron chi connectivity index (χ0n) is 15.0. The van der Waals surface area contributed by atoms with E-state index in [1.165, 1.54) is 12.0 Å². The minimum Gasteiger partial charge on any atom is -0.495 e. The second kappa shape index (κ2) is 8.77. The van der Waals surface area contributed by atoms with Crippen LogP contribution in [-0.4, -0.2) is 36.6 Å². The predicted octanol–water partition coefficient (Wildman–Crippen LogP) is 4.09. The summed E-state index contributed by atoms with van der Waals surface area (Å²) >= 11 is 6.00. The van der Waals surface area contributed by atoms with Crippen molar-refractivity contribution < 1.29 is 19.1 Å². The Morgan fingerprint density at radius 1 is 1.22 bits per heavy atom. The standard InChI is InChI=1S/C20H21ClN2O4/c1-26-18-10-9-15(21)12-16(18)22-19(24)17-8-5-11-23(17)20(25)27-13-14-6-3-2-4-7-14/h2-4,6-7,9-10,12,17H,5,8,11,13H2,1H3,(H,22,24). The molecule has 27 heavy (non-hydrogen) atoms. The highest BCUT2D eigenvalue weighted by Crippen LogP contribution is 2.29. The van der Waals surface area contributed by atoms with Crippen LogP contribution in [0, 0.1) is 0 Å². The lowest BCUT2D eigenvalue weighted by Gasteiger charge is -2.23. The van der Waals surface area contributed by atoms with Gasteiger partial charge in [-0.15, -0.1) is 0 Å². The predicted molar refractivity (Wildman–Crippen MR) is 103 cm³/mol. The third-order valence-electron chi connectivity index (χ3n) is 4.41. The van der Waals surface area contributed by atoms with E-state index in [2.05, 4.69) is 5.32 Å². The molecule has 1 unspecified atom stereocenters. The van der Waals surface area contributed by atoms with Gasteiger partial charge in [0.25, 0.3) is 0 Å². The van der Waals surface area contributed by atoms with Crippen LogP contribution in [0.3, 0.4) is 0 Å². The van der Waals surface area contributed by atoms with Crippen molar-refractivity contribution in [3.05, 3.63) is 59.1 Å². The maximum absolute atomic E-state index is 12.7. The van der Waals surface area contributed by atoms with Gasteiger partial charge in [0.05, 0.1) is 12.8 Å². The van der Waals surface area contributed by atoms with Crippen LogP contribution in [0.25, 0.3) is 0 Å². The largest absolute Gasteiger partial charge is 0.495 e. The summed E-state index contributed by atoms with van der Waals surface area (Å²) in [4.78, 5) is 26.6. The average Bonchev–Trinajstić information content (AvgIpc) is 3.17. The molecule has 0 bridgehead atoms. The van der Waals surface area contributed by atoms with Crippen molar-refractivity contribution in [3.63, 3.8) is 0 Å². The number of methoxy groups -OCH3 is 1. The molecule has 6 nitrogen and oxygen atoms in total. The van der Waals surface area contributed by atoms with Crippen LogP contribution in [0.4, 0.5) is 10.5 Å². The molecule has 0 aromatic heterocycles. The van der Waals surface area contributed by atoms with Crippen molar-refractivity contribution in [2.45, 2.75) is 25.5 Å². The van der Waals surface area contributed by atoms with E-state index in [-0.39, 0.29) is 12.5 Å². The maximum Gasteiger partial charge on any atom is 0.410 e. The number of hydrogen-bond donors (Lipinski definition) is 1. The Morgan fingerprint density at radius 3 is 2.74 bits per heavy atom. The number of benzene rings is 2. The topological polar surface area (TPSA) is 67.9 Å². The van der Waals surface area contributed by atoms with Crippen LogP contribution in [0.2, 0.25) is 5.02 Å². The lowest BCUT2D eigenvalue weighted by atomic mass is 10.2. The molecule has 142 valence electrons. The van der Waals surface area contributed by atoms with Crippen molar-refractivity contribution in [2.24, 2.45) is 0 Å². The van der Waals surface area contributed by atoms with Crippen LogP contribution >= 0.6 is 11.6 Å². The first-order chi connectivity index (χ1) is 13.1. The second-order valence-corrected chi connectivity index (χ2v) is 6.66. The van der Waals surface area contributed by atoms with Gasteiger partial charge in [0.1, 0.15) is 18.4 Å². The van der Waals surface area contributed by atoms with E-state index < -0.39 is 12.1 Å². The van der Waals surface area contributed by atoms with Gasteiger partial charge in [-0.25, -0.2) is 4.79 Å². The number of carbonyl (C=O) groups excluding carboxylic acids is 2. The highest BCUT2D eigenvalue weighted by atomic mass is 35.5. The monoisotopic (exact) mass is 388 g/mol. The Hall–Kier alpha value is -2.73. The normalized spacial score (nSPS) is 16.1. The van der Waals surface area contributed by atoms with E-state index in [1.54, 1.807) is 18.2 Å². The Balaban J connectivity index is 1.64. The molecule has 0 saturated carbocycles. The number of rotatable bonds is 5. The van der Waals surface area contributed by atoms with Gasteiger partial charge in [0.15, 0.2) is 0 Å². The van der Waals surface area contributed by atoms with E-state index in [1.807, 2.05) is 30.3 Å². The quantitative estimate of drug-likeness (QED) is 0.837. The Labute approximate surface area is 163 Å². The molecule has 1 aliphatic rings. The number of ether oxygens (including phenoxy) is 2. The van der Waals surface area contributed by atoms with Crippen molar-refractivity contribution in [3.8, 4) is 5.75 Å². The highest BCUT2D eigenvalue weighted by molar-refractivity contribution is 6.31. The number of carbonyl (C=O) groups is 2. The van der Waals surface area contributed by atoms with Crippen LogP contribution in [0.15, 0.2) is 48.5 Å².